The highest BCUT2D eigenvalue weighted by Gasteiger charge is 2.45. The fraction of sp³-hybridized carbons (Fsp3) is 0.500. The van der Waals surface area contributed by atoms with Gasteiger partial charge in [0, 0.05) is 24.0 Å². The number of fused-ring (bicyclic) bond motifs is 2. The molecule has 2 N–H and O–H groups in total. The Morgan fingerprint density at radius 1 is 1.31 bits per heavy atom. The molecule has 0 amide bonds. The van der Waals surface area contributed by atoms with Crippen molar-refractivity contribution in [1.82, 2.24) is 4.98 Å². The highest BCUT2D eigenvalue weighted by Crippen LogP contribution is 2.43. The molecule has 2 saturated carbocycles. The smallest absolute Gasteiger partial charge is 0.0826 e. The molecule has 16 heavy (non-hydrogen) atoms. The van der Waals surface area contributed by atoms with Crippen LogP contribution in [-0.4, -0.2) is 21.9 Å². The second kappa shape index (κ2) is 3.77. The maximum atomic E-state index is 9.07. The lowest BCUT2D eigenvalue weighted by Gasteiger charge is -2.24. The molecule has 0 unspecified atom stereocenters. The lowest BCUT2D eigenvalue weighted by molar-refractivity contribution is 0.312. The third-order valence-corrected chi connectivity index (χ3v) is 3.80. The first-order chi connectivity index (χ1) is 7.88. The highest BCUT2D eigenvalue weighted by atomic mass is 16.4. The van der Waals surface area contributed by atoms with E-state index in [-0.39, 0.29) is 6.04 Å². The molecule has 4 heteroatoms. The average molecular weight is 217 g/mol. The summed E-state index contributed by atoms with van der Waals surface area (Å²) in [5.41, 5.74) is 1.99. The number of anilines is 1. The van der Waals surface area contributed by atoms with E-state index in [1.165, 1.54) is 19.3 Å². The Kier molecular flexibility index (Phi) is 2.27. The summed E-state index contributed by atoms with van der Waals surface area (Å²) in [7, 11) is 0. The van der Waals surface area contributed by atoms with Gasteiger partial charge in [0.15, 0.2) is 0 Å². The van der Waals surface area contributed by atoms with Gasteiger partial charge in [0.1, 0.15) is 0 Å². The van der Waals surface area contributed by atoms with Gasteiger partial charge in [-0.1, -0.05) is 5.16 Å². The molecule has 0 saturated heterocycles. The summed E-state index contributed by atoms with van der Waals surface area (Å²) in [5.74, 6) is 1.12. The van der Waals surface area contributed by atoms with Gasteiger partial charge < -0.3 is 10.5 Å². The molecule has 2 aliphatic rings. The molecular formula is C12H15N3O. The van der Waals surface area contributed by atoms with Crippen LogP contribution >= 0.6 is 0 Å². The van der Waals surface area contributed by atoms with Crippen LogP contribution in [0.1, 0.15) is 19.3 Å². The summed E-state index contributed by atoms with van der Waals surface area (Å²) in [6.45, 7) is 0. The number of oxime groups is 1. The molecule has 0 radical (unpaired) electrons. The van der Waals surface area contributed by atoms with Gasteiger partial charge in [0.2, 0.25) is 0 Å². The average Bonchev–Trinajstić information content (AvgIpc) is 2.91. The van der Waals surface area contributed by atoms with E-state index in [0.29, 0.717) is 11.8 Å². The van der Waals surface area contributed by atoms with Crippen molar-refractivity contribution in [2.45, 2.75) is 25.3 Å². The van der Waals surface area contributed by atoms with E-state index < -0.39 is 0 Å². The maximum absolute atomic E-state index is 9.07. The van der Waals surface area contributed by atoms with Gasteiger partial charge in [0.25, 0.3) is 0 Å². The maximum Gasteiger partial charge on any atom is 0.0826 e. The second-order valence-electron chi connectivity index (χ2n) is 4.65. The van der Waals surface area contributed by atoms with Crippen LogP contribution in [0, 0.1) is 11.8 Å². The molecule has 1 aromatic heterocycles. The van der Waals surface area contributed by atoms with Gasteiger partial charge in [-0.15, -0.1) is 0 Å². The Labute approximate surface area is 94.4 Å². The van der Waals surface area contributed by atoms with Gasteiger partial charge in [-0.05, 0) is 37.3 Å². The third kappa shape index (κ3) is 1.45. The summed E-state index contributed by atoms with van der Waals surface area (Å²) < 4.78 is 0. The number of nitrogens with one attached hydrogen (secondary N) is 1. The summed E-state index contributed by atoms with van der Waals surface area (Å²) in [6.07, 6.45) is 7.13. The number of hydrogen-bond acceptors (Lipinski definition) is 4. The lowest BCUT2D eigenvalue weighted by Crippen LogP contribution is -2.35. The van der Waals surface area contributed by atoms with Gasteiger partial charge in [-0.2, -0.15) is 0 Å². The normalized spacial score (nSPS) is 34.5. The van der Waals surface area contributed by atoms with Crippen molar-refractivity contribution in [3.05, 3.63) is 24.5 Å². The van der Waals surface area contributed by atoms with Crippen LogP contribution in [0.2, 0.25) is 0 Å². The third-order valence-electron chi connectivity index (χ3n) is 3.80. The van der Waals surface area contributed by atoms with E-state index >= 15 is 0 Å². The summed E-state index contributed by atoms with van der Waals surface area (Å²) in [6, 6.07) is 4.10. The molecule has 4 nitrogen and oxygen atoms in total. The van der Waals surface area contributed by atoms with Crippen molar-refractivity contribution in [3.8, 4) is 0 Å². The van der Waals surface area contributed by atoms with Crippen molar-refractivity contribution < 1.29 is 5.21 Å². The van der Waals surface area contributed by atoms with E-state index in [1.54, 1.807) is 12.4 Å². The Morgan fingerprint density at radius 3 is 2.88 bits per heavy atom. The summed E-state index contributed by atoms with van der Waals surface area (Å²) in [4.78, 5) is 3.99. The topological polar surface area (TPSA) is 57.5 Å². The first kappa shape index (κ1) is 9.63. The first-order valence-corrected chi connectivity index (χ1v) is 5.77. The van der Waals surface area contributed by atoms with Gasteiger partial charge >= 0.3 is 0 Å². The first-order valence-electron chi connectivity index (χ1n) is 5.77. The quantitative estimate of drug-likeness (QED) is 0.589. The van der Waals surface area contributed by atoms with E-state index in [4.69, 9.17) is 5.21 Å². The monoisotopic (exact) mass is 217 g/mol. The molecule has 2 bridgehead atoms. The van der Waals surface area contributed by atoms with Crippen molar-refractivity contribution >= 4 is 11.4 Å². The zero-order valence-corrected chi connectivity index (χ0v) is 9.00. The minimum Gasteiger partial charge on any atom is -0.411 e. The van der Waals surface area contributed by atoms with Crippen LogP contribution in [-0.2, 0) is 0 Å². The summed E-state index contributed by atoms with van der Waals surface area (Å²) >= 11 is 0. The van der Waals surface area contributed by atoms with Gasteiger partial charge in [-0.3, -0.25) is 4.98 Å². The van der Waals surface area contributed by atoms with Crippen molar-refractivity contribution in [2.75, 3.05) is 5.32 Å². The molecule has 2 fully saturated rings. The second-order valence-corrected chi connectivity index (χ2v) is 4.65. The SMILES string of the molecule is O/N=C1/[C@H]2CC[C@@H](C2)[C@H]1Nc1ccncc1. The minimum absolute atomic E-state index is 0.214. The van der Waals surface area contributed by atoms with Crippen molar-refractivity contribution in [3.63, 3.8) is 0 Å². The van der Waals surface area contributed by atoms with Gasteiger partial charge in [0.05, 0.1) is 11.8 Å². The predicted molar refractivity (Wildman–Crippen MR) is 61.7 cm³/mol. The number of rotatable bonds is 2. The molecular weight excluding hydrogens is 202 g/mol. The van der Waals surface area contributed by atoms with Crippen LogP contribution in [0.4, 0.5) is 5.69 Å². The molecule has 1 heterocycles. The van der Waals surface area contributed by atoms with Crippen LogP contribution in [0.25, 0.3) is 0 Å². The highest BCUT2D eigenvalue weighted by molar-refractivity contribution is 5.96. The zero-order valence-electron chi connectivity index (χ0n) is 9.00. The molecule has 1 aromatic rings. The fourth-order valence-electron chi connectivity index (χ4n) is 3.05. The largest absolute Gasteiger partial charge is 0.411 e. The Hall–Kier alpha value is -1.58. The molecule has 3 rings (SSSR count). The van der Waals surface area contributed by atoms with Gasteiger partial charge in [-0.25, -0.2) is 0 Å². The predicted octanol–water partition coefficient (Wildman–Crippen LogP) is 2.12. The minimum atomic E-state index is 0.214. The van der Waals surface area contributed by atoms with E-state index in [0.717, 1.165) is 11.4 Å². The number of pyridine rings is 1. The Morgan fingerprint density at radius 2 is 2.12 bits per heavy atom. The van der Waals surface area contributed by atoms with Crippen LogP contribution in [0.5, 0.6) is 0 Å². The summed E-state index contributed by atoms with van der Waals surface area (Å²) in [5, 5.41) is 16.0. The van der Waals surface area contributed by atoms with Crippen molar-refractivity contribution in [2.24, 2.45) is 17.0 Å². The van der Waals surface area contributed by atoms with E-state index in [1.807, 2.05) is 12.1 Å². The Balaban J connectivity index is 1.80. The lowest BCUT2D eigenvalue weighted by atomic mass is 9.93. The number of nitrogens with zero attached hydrogens (tertiary/aromatic N) is 2. The van der Waals surface area contributed by atoms with Crippen molar-refractivity contribution in [1.29, 1.82) is 0 Å². The Bertz CT molecular complexity index is 404. The number of aromatic nitrogens is 1. The zero-order chi connectivity index (χ0) is 11.0. The molecule has 0 aromatic carbocycles. The number of hydrogen-bond donors (Lipinski definition) is 2. The van der Waals surface area contributed by atoms with E-state index in [2.05, 4.69) is 15.5 Å². The van der Waals surface area contributed by atoms with Crippen LogP contribution in [0.3, 0.4) is 0 Å². The molecule has 3 atom stereocenters. The standard InChI is InChI=1S/C12H15N3O/c16-15-12-9-2-1-8(7-9)11(12)14-10-3-5-13-6-4-10/h3-6,8-9,11,16H,1-2,7H2,(H,13,14)/b15-12-/t8-,9-,11+/m0/s1. The van der Waals surface area contributed by atoms with Crippen LogP contribution < -0.4 is 5.32 Å². The molecule has 0 spiro atoms. The fourth-order valence-corrected chi connectivity index (χ4v) is 3.05. The molecule has 2 aliphatic carbocycles. The molecule has 84 valence electrons. The van der Waals surface area contributed by atoms with Crippen LogP contribution in [0.15, 0.2) is 29.7 Å². The van der Waals surface area contributed by atoms with E-state index in [9.17, 15) is 0 Å². The molecule has 0 aliphatic heterocycles.